The van der Waals surface area contributed by atoms with Crippen LogP contribution in [0.1, 0.15) is 30.7 Å². The maximum absolute atomic E-state index is 12.4. The van der Waals surface area contributed by atoms with Gasteiger partial charge in [-0.3, -0.25) is 9.48 Å². The van der Waals surface area contributed by atoms with Crippen LogP contribution in [0.15, 0.2) is 6.07 Å². The van der Waals surface area contributed by atoms with Crippen LogP contribution in [-0.4, -0.2) is 39.7 Å². The maximum atomic E-state index is 12.4. The summed E-state index contributed by atoms with van der Waals surface area (Å²) < 4.78 is 1.81. The maximum Gasteiger partial charge on any atom is 0.244 e. The zero-order valence-corrected chi connectivity index (χ0v) is 12.4. The number of carbonyl (C=O) groups is 1. The van der Waals surface area contributed by atoms with E-state index in [1.54, 1.807) is 0 Å². The molecule has 20 heavy (non-hydrogen) atoms. The van der Waals surface area contributed by atoms with E-state index < -0.39 is 0 Å². The highest BCUT2D eigenvalue weighted by atomic mass is 16.2. The second-order valence-corrected chi connectivity index (χ2v) is 6.48. The fourth-order valence-electron chi connectivity index (χ4n) is 3.73. The molecule has 3 atom stereocenters. The van der Waals surface area contributed by atoms with Crippen LogP contribution in [0.5, 0.6) is 0 Å². The molecule has 0 aromatic carbocycles. The highest BCUT2D eigenvalue weighted by Crippen LogP contribution is 2.35. The number of aryl methyl sites for hydroxylation is 2. The molecule has 1 amide bonds. The zero-order chi connectivity index (χ0) is 14.3. The Morgan fingerprint density at radius 2 is 2.10 bits per heavy atom. The molecule has 0 bridgehead atoms. The summed E-state index contributed by atoms with van der Waals surface area (Å²) in [5, 5.41) is 4.37. The summed E-state index contributed by atoms with van der Waals surface area (Å²) in [6, 6.07) is 2.35. The minimum absolute atomic E-state index is 0.194. The molecule has 1 aromatic heterocycles. The van der Waals surface area contributed by atoms with Crippen LogP contribution in [0, 0.1) is 25.7 Å². The number of hydrogen-bond donors (Lipinski definition) is 1. The summed E-state index contributed by atoms with van der Waals surface area (Å²) in [6.45, 7) is 6.12. The fraction of sp³-hybridized carbons (Fsp3) is 0.733. The third-order valence-electron chi connectivity index (χ3n) is 4.83. The first-order valence-electron chi connectivity index (χ1n) is 7.57. The van der Waals surface area contributed by atoms with E-state index in [0.29, 0.717) is 24.4 Å². The predicted octanol–water partition coefficient (Wildman–Crippen LogP) is 1.09. The number of rotatable bonds is 2. The Balaban J connectivity index is 1.63. The molecule has 0 radical (unpaired) electrons. The average Bonchev–Trinajstić information content (AvgIpc) is 2.92. The normalized spacial score (nSPS) is 29.6. The van der Waals surface area contributed by atoms with Gasteiger partial charge in [0.05, 0.1) is 5.69 Å². The quantitative estimate of drug-likeness (QED) is 0.879. The van der Waals surface area contributed by atoms with Gasteiger partial charge in [-0.05, 0) is 51.0 Å². The van der Waals surface area contributed by atoms with Gasteiger partial charge in [0.2, 0.25) is 5.91 Å². The Labute approximate surface area is 120 Å². The molecule has 5 nitrogen and oxygen atoms in total. The Kier molecular flexibility index (Phi) is 3.54. The van der Waals surface area contributed by atoms with E-state index in [0.717, 1.165) is 37.3 Å². The molecule has 1 saturated heterocycles. The number of nitrogens with two attached hydrogens (primary N) is 1. The van der Waals surface area contributed by atoms with Crippen molar-refractivity contribution in [3.05, 3.63) is 17.5 Å². The number of nitrogens with zero attached hydrogens (tertiary/aromatic N) is 3. The van der Waals surface area contributed by atoms with Gasteiger partial charge in [-0.1, -0.05) is 0 Å². The first-order chi connectivity index (χ1) is 9.52. The molecule has 0 spiro atoms. The smallest absolute Gasteiger partial charge is 0.244 e. The van der Waals surface area contributed by atoms with Crippen molar-refractivity contribution >= 4 is 5.91 Å². The van der Waals surface area contributed by atoms with Crippen LogP contribution in [0.25, 0.3) is 0 Å². The SMILES string of the molecule is Cc1cc(C)n(CC(=O)N2C[C@H]3CCC(N)C[C@H]3C2)n1. The van der Waals surface area contributed by atoms with Gasteiger partial charge < -0.3 is 10.6 Å². The van der Waals surface area contributed by atoms with Gasteiger partial charge in [0.25, 0.3) is 0 Å². The van der Waals surface area contributed by atoms with Crippen molar-refractivity contribution in [3.8, 4) is 0 Å². The number of hydrogen-bond acceptors (Lipinski definition) is 3. The van der Waals surface area contributed by atoms with Crippen molar-refractivity contribution in [3.63, 3.8) is 0 Å². The standard InChI is InChI=1S/C15H24N4O/c1-10-5-11(2)19(17-10)9-15(20)18-7-12-3-4-14(16)6-13(12)8-18/h5,12-14H,3-4,6-9,16H2,1-2H3/t12-,13+,14?/m1/s1. The van der Waals surface area contributed by atoms with Crippen molar-refractivity contribution in [2.45, 2.75) is 45.7 Å². The minimum atomic E-state index is 0.194. The van der Waals surface area contributed by atoms with Gasteiger partial charge in [-0.15, -0.1) is 0 Å². The van der Waals surface area contributed by atoms with E-state index in [4.69, 9.17) is 5.73 Å². The van der Waals surface area contributed by atoms with E-state index in [2.05, 4.69) is 5.10 Å². The number of carbonyl (C=O) groups excluding carboxylic acids is 1. The molecule has 2 fully saturated rings. The summed E-state index contributed by atoms with van der Waals surface area (Å²) in [5.41, 5.74) is 8.06. The molecule has 2 N–H and O–H groups in total. The van der Waals surface area contributed by atoms with Crippen molar-refractivity contribution in [2.24, 2.45) is 17.6 Å². The molecular formula is C15H24N4O. The lowest BCUT2D eigenvalue weighted by Crippen LogP contribution is -2.33. The average molecular weight is 276 g/mol. The Morgan fingerprint density at radius 3 is 2.80 bits per heavy atom. The molecule has 1 aromatic rings. The molecule has 1 unspecified atom stereocenters. The summed E-state index contributed by atoms with van der Waals surface area (Å²) in [4.78, 5) is 14.5. The van der Waals surface area contributed by atoms with Crippen LogP contribution in [0.3, 0.4) is 0 Å². The van der Waals surface area contributed by atoms with Crippen molar-refractivity contribution in [1.29, 1.82) is 0 Å². The van der Waals surface area contributed by atoms with E-state index in [-0.39, 0.29) is 5.91 Å². The Morgan fingerprint density at radius 1 is 1.35 bits per heavy atom. The molecular weight excluding hydrogens is 252 g/mol. The monoisotopic (exact) mass is 276 g/mol. The van der Waals surface area contributed by atoms with Gasteiger partial charge in [0.15, 0.2) is 0 Å². The van der Waals surface area contributed by atoms with Crippen LogP contribution in [0.4, 0.5) is 0 Å². The molecule has 3 rings (SSSR count). The number of likely N-dealkylation sites (tertiary alicyclic amines) is 1. The van der Waals surface area contributed by atoms with E-state index in [1.165, 1.54) is 6.42 Å². The van der Waals surface area contributed by atoms with Gasteiger partial charge in [0.1, 0.15) is 6.54 Å². The van der Waals surface area contributed by atoms with Crippen LogP contribution >= 0.6 is 0 Å². The molecule has 1 saturated carbocycles. The molecule has 5 heteroatoms. The summed E-state index contributed by atoms with van der Waals surface area (Å²) in [6.07, 6.45) is 3.37. The number of fused-ring (bicyclic) bond motifs is 1. The van der Waals surface area contributed by atoms with Gasteiger partial charge in [-0.25, -0.2) is 0 Å². The van der Waals surface area contributed by atoms with E-state index in [1.807, 2.05) is 29.5 Å². The first kappa shape index (κ1) is 13.6. The first-order valence-corrected chi connectivity index (χ1v) is 7.57. The molecule has 2 aliphatic rings. The molecule has 2 heterocycles. The lowest BCUT2D eigenvalue weighted by molar-refractivity contribution is -0.131. The van der Waals surface area contributed by atoms with Crippen molar-refractivity contribution in [2.75, 3.05) is 13.1 Å². The topological polar surface area (TPSA) is 64.2 Å². The molecule has 1 aliphatic carbocycles. The highest BCUT2D eigenvalue weighted by Gasteiger charge is 2.38. The summed E-state index contributed by atoms with van der Waals surface area (Å²) >= 11 is 0. The van der Waals surface area contributed by atoms with Crippen molar-refractivity contribution in [1.82, 2.24) is 14.7 Å². The van der Waals surface area contributed by atoms with E-state index in [9.17, 15) is 4.79 Å². The number of amides is 1. The van der Waals surface area contributed by atoms with Gasteiger partial charge in [-0.2, -0.15) is 5.10 Å². The number of aromatic nitrogens is 2. The van der Waals surface area contributed by atoms with Crippen LogP contribution < -0.4 is 5.73 Å². The second-order valence-electron chi connectivity index (χ2n) is 6.48. The summed E-state index contributed by atoms with van der Waals surface area (Å²) in [7, 11) is 0. The van der Waals surface area contributed by atoms with Gasteiger partial charge >= 0.3 is 0 Å². The van der Waals surface area contributed by atoms with Crippen molar-refractivity contribution < 1.29 is 4.79 Å². The van der Waals surface area contributed by atoms with Crippen LogP contribution in [-0.2, 0) is 11.3 Å². The molecule has 1 aliphatic heterocycles. The van der Waals surface area contributed by atoms with Gasteiger partial charge in [0, 0.05) is 24.8 Å². The third kappa shape index (κ3) is 2.59. The second kappa shape index (κ2) is 5.20. The largest absolute Gasteiger partial charge is 0.341 e. The lowest BCUT2D eigenvalue weighted by Gasteiger charge is -2.27. The predicted molar refractivity (Wildman–Crippen MR) is 77.1 cm³/mol. The fourth-order valence-corrected chi connectivity index (χ4v) is 3.73. The van der Waals surface area contributed by atoms with Crippen LogP contribution in [0.2, 0.25) is 0 Å². The zero-order valence-electron chi connectivity index (χ0n) is 12.4. The highest BCUT2D eigenvalue weighted by molar-refractivity contribution is 5.76. The third-order valence-corrected chi connectivity index (χ3v) is 4.83. The minimum Gasteiger partial charge on any atom is -0.341 e. The lowest BCUT2D eigenvalue weighted by atomic mass is 9.79. The molecule has 110 valence electrons. The Hall–Kier alpha value is -1.36. The summed E-state index contributed by atoms with van der Waals surface area (Å²) in [5.74, 6) is 1.47. The Bertz CT molecular complexity index is 510. The van der Waals surface area contributed by atoms with E-state index >= 15 is 0 Å².